The van der Waals surface area contributed by atoms with Gasteiger partial charge in [-0.25, -0.2) is 9.97 Å². The molecule has 1 saturated carbocycles. The van der Waals surface area contributed by atoms with Crippen molar-refractivity contribution in [1.29, 1.82) is 0 Å². The largest absolute Gasteiger partial charge is 0.504 e. The van der Waals surface area contributed by atoms with Crippen LogP contribution in [0.3, 0.4) is 0 Å². The number of phenols is 1. The molecule has 6 heteroatoms. The fraction of sp³-hybridized carbons (Fsp3) is 0.400. The Hall–Kier alpha value is -2.76. The fourth-order valence-electron chi connectivity index (χ4n) is 3.81. The Morgan fingerprint density at radius 2 is 1.92 bits per heavy atom. The maximum absolute atomic E-state index is 10.2. The summed E-state index contributed by atoms with van der Waals surface area (Å²) in [5.74, 6) is 2.18. The first-order chi connectivity index (χ1) is 12.6. The molecule has 0 atom stereocenters. The number of ether oxygens (including phenoxy) is 1. The number of aryl methyl sites for hydroxylation is 2. The van der Waals surface area contributed by atoms with E-state index in [4.69, 9.17) is 9.72 Å². The molecule has 2 heterocycles. The molecule has 1 aliphatic rings. The topological polar surface area (TPSA) is 71.7 Å². The number of imidazole rings is 1. The van der Waals surface area contributed by atoms with E-state index in [0.29, 0.717) is 17.6 Å². The molecule has 6 nitrogen and oxygen atoms in total. The zero-order valence-electron chi connectivity index (χ0n) is 15.4. The molecule has 4 rings (SSSR count). The number of nitrogens with one attached hydrogen (secondary N) is 1. The third-order valence-corrected chi connectivity index (χ3v) is 5.05. The number of rotatable bonds is 4. The summed E-state index contributed by atoms with van der Waals surface area (Å²) in [6, 6.07) is 7.88. The van der Waals surface area contributed by atoms with E-state index in [1.54, 1.807) is 19.2 Å². The van der Waals surface area contributed by atoms with Crippen LogP contribution in [0.15, 0.2) is 24.3 Å². The van der Waals surface area contributed by atoms with Gasteiger partial charge in [-0.2, -0.15) is 0 Å². The molecule has 0 unspecified atom stereocenters. The van der Waals surface area contributed by atoms with Gasteiger partial charge >= 0.3 is 0 Å². The highest BCUT2D eigenvalue weighted by molar-refractivity contribution is 5.77. The first-order valence-corrected chi connectivity index (χ1v) is 9.07. The van der Waals surface area contributed by atoms with Gasteiger partial charge in [0.1, 0.15) is 11.5 Å². The average molecular weight is 352 g/mol. The summed E-state index contributed by atoms with van der Waals surface area (Å²) in [6.07, 6.45) is 4.84. The van der Waals surface area contributed by atoms with E-state index in [2.05, 4.69) is 27.7 Å². The molecule has 136 valence electrons. The van der Waals surface area contributed by atoms with Crippen molar-refractivity contribution in [3.63, 3.8) is 0 Å². The molecule has 1 aromatic carbocycles. The Bertz CT molecular complexity index is 958. The number of benzene rings is 1. The van der Waals surface area contributed by atoms with Gasteiger partial charge < -0.3 is 15.2 Å². The van der Waals surface area contributed by atoms with Crippen LogP contribution in [0.4, 0.5) is 5.82 Å². The summed E-state index contributed by atoms with van der Waals surface area (Å²) < 4.78 is 7.24. The number of nitrogens with zero attached hydrogens (tertiary/aromatic N) is 3. The summed E-state index contributed by atoms with van der Waals surface area (Å²) >= 11 is 0. The smallest absolute Gasteiger partial charge is 0.236 e. The molecule has 0 bridgehead atoms. The van der Waals surface area contributed by atoms with Crippen molar-refractivity contribution in [2.75, 3.05) is 12.4 Å². The second kappa shape index (κ2) is 6.52. The van der Waals surface area contributed by atoms with Gasteiger partial charge in [0.15, 0.2) is 11.5 Å². The van der Waals surface area contributed by atoms with Crippen molar-refractivity contribution < 1.29 is 9.84 Å². The predicted molar refractivity (Wildman–Crippen MR) is 102 cm³/mol. The van der Waals surface area contributed by atoms with Crippen LogP contribution in [-0.4, -0.2) is 32.6 Å². The number of anilines is 1. The average Bonchev–Trinajstić information content (AvgIpc) is 3.23. The van der Waals surface area contributed by atoms with E-state index in [1.807, 2.05) is 13.0 Å². The molecule has 0 aliphatic heterocycles. The van der Waals surface area contributed by atoms with Crippen molar-refractivity contribution in [2.24, 2.45) is 0 Å². The van der Waals surface area contributed by atoms with Crippen molar-refractivity contribution in [3.8, 4) is 22.8 Å². The van der Waals surface area contributed by atoms with Crippen molar-refractivity contribution in [1.82, 2.24) is 14.4 Å². The lowest BCUT2D eigenvalue weighted by Gasteiger charge is -2.16. The quantitative estimate of drug-likeness (QED) is 0.740. The monoisotopic (exact) mass is 352 g/mol. The van der Waals surface area contributed by atoms with Crippen molar-refractivity contribution in [3.05, 3.63) is 35.7 Å². The first-order valence-electron chi connectivity index (χ1n) is 9.07. The van der Waals surface area contributed by atoms with Gasteiger partial charge in [-0.05, 0) is 51.0 Å². The van der Waals surface area contributed by atoms with Crippen LogP contribution in [0.1, 0.15) is 37.1 Å². The Morgan fingerprint density at radius 3 is 2.62 bits per heavy atom. The van der Waals surface area contributed by atoms with Gasteiger partial charge in [-0.15, -0.1) is 0 Å². The van der Waals surface area contributed by atoms with Crippen LogP contribution in [0.2, 0.25) is 0 Å². The summed E-state index contributed by atoms with van der Waals surface area (Å²) in [5, 5.41) is 13.9. The molecule has 0 spiro atoms. The number of fused-ring (bicyclic) bond motifs is 1. The van der Waals surface area contributed by atoms with Crippen LogP contribution in [0.25, 0.3) is 17.0 Å². The maximum Gasteiger partial charge on any atom is 0.236 e. The third-order valence-electron chi connectivity index (χ3n) is 5.05. The van der Waals surface area contributed by atoms with Gasteiger partial charge in [0, 0.05) is 23.0 Å². The van der Waals surface area contributed by atoms with Gasteiger partial charge in [0.25, 0.3) is 0 Å². The Labute approximate surface area is 152 Å². The molecule has 0 amide bonds. The maximum atomic E-state index is 10.2. The minimum Gasteiger partial charge on any atom is -0.504 e. The number of hydrogen-bond acceptors (Lipinski definition) is 5. The van der Waals surface area contributed by atoms with Crippen molar-refractivity contribution in [2.45, 2.75) is 45.6 Å². The lowest BCUT2D eigenvalue weighted by Crippen LogP contribution is -2.17. The summed E-state index contributed by atoms with van der Waals surface area (Å²) in [6.45, 7) is 4.04. The van der Waals surface area contributed by atoms with Crippen molar-refractivity contribution >= 4 is 11.6 Å². The molecular formula is C20H24N4O2. The van der Waals surface area contributed by atoms with E-state index in [9.17, 15) is 5.11 Å². The van der Waals surface area contributed by atoms with E-state index >= 15 is 0 Å². The molecule has 2 N–H and O–H groups in total. The number of methoxy groups -OCH3 is 1. The molecule has 3 aromatic rings. The van der Waals surface area contributed by atoms with Gasteiger partial charge in [-0.1, -0.05) is 12.8 Å². The van der Waals surface area contributed by atoms with Crippen LogP contribution >= 0.6 is 0 Å². The minimum absolute atomic E-state index is 0.106. The molecule has 1 fully saturated rings. The number of hydrogen-bond donors (Lipinski definition) is 2. The molecule has 1 aliphatic carbocycles. The number of aromatic hydroxyl groups is 1. The lowest BCUT2D eigenvalue weighted by molar-refractivity contribution is 0.373. The first kappa shape index (κ1) is 16.7. The summed E-state index contributed by atoms with van der Waals surface area (Å²) in [7, 11) is 1.54. The van der Waals surface area contributed by atoms with E-state index in [1.165, 1.54) is 25.7 Å². The summed E-state index contributed by atoms with van der Waals surface area (Å²) in [4.78, 5) is 9.38. The number of phenolic OH excluding ortho intramolecular Hbond substituents is 1. The second-order valence-electron chi connectivity index (χ2n) is 7.00. The van der Waals surface area contributed by atoms with Crippen LogP contribution in [-0.2, 0) is 0 Å². The standard InChI is InChI=1S/C20H24N4O2/c1-12-10-13(2)24-19(22-15-6-4-5-7-15)18(23-20(24)21-12)14-8-9-17(26-3)16(25)11-14/h8-11,15,22,25H,4-7H2,1-3H3. The zero-order chi connectivity index (χ0) is 18.3. The SMILES string of the molecule is COc1ccc(-c2nc3nc(C)cc(C)n3c2NC2CCCC2)cc1O. The lowest BCUT2D eigenvalue weighted by atomic mass is 10.1. The normalized spacial score (nSPS) is 14.9. The Balaban J connectivity index is 1.89. The summed E-state index contributed by atoms with van der Waals surface area (Å²) in [5.41, 5.74) is 3.67. The molecular weight excluding hydrogens is 328 g/mol. The highest BCUT2D eigenvalue weighted by Crippen LogP contribution is 2.36. The van der Waals surface area contributed by atoms with Gasteiger partial charge in [0.05, 0.1) is 7.11 Å². The van der Waals surface area contributed by atoms with E-state index in [-0.39, 0.29) is 5.75 Å². The highest BCUT2D eigenvalue weighted by Gasteiger charge is 2.22. The zero-order valence-corrected chi connectivity index (χ0v) is 15.4. The van der Waals surface area contributed by atoms with E-state index in [0.717, 1.165) is 28.5 Å². The highest BCUT2D eigenvalue weighted by atomic mass is 16.5. The minimum atomic E-state index is 0.106. The third kappa shape index (κ3) is 2.85. The molecule has 2 aromatic heterocycles. The Morgan fingerprint density at radius 1 is 1.15 bits per heavy atom. The molecule has 0 saturated heterocycles. The predicted octanol–water partition coefficient (Wildman–Crippen LogP) is 4.08. The Kier molecular flexibility index (Phi) is 4.18. The van der Waals surface area contributed by atoms with Gasteiger partial charge in [0.2, 0.25) is 5.78 Å². The van der Waals surface area contributed by atoms with Crippen LogP contribution < -0.4 is 10.1 Å². The molecule has 0 radical (unpaired) electrons. The van der Waals surface area contributed by atoms with Crippen LogP contribution in [0.5, 0.6) is 11.5 Å². The van der Waals surface area contributed by atoms with Gasteiger partial charge in [-0.3, -0.25) is 4.40 Å². The molecule has 26 heavy (non-hydrogen) atoms. The second-order valence-corrected chi connectivity index (χ2v) is 7.00. The van der Waals surface area contributed by atoms with E-state index < -0.39 is 0 Å². The number of aromatic nitrogens is 3. The fourth-order valence-corrected chi connectivity index (χ4v) is 3.81. The van der Waals surface area contributed by atoms with Crippen LogP contribution in [0, 0.1) is 13.8 Å².